The van der Waals surface area contributed by atoms with Crippen LogP contribution in [0.1, 0.15) is 16.8 Å². The lowest BCUT2D eigenvalue weighted by Crippen LogP contribution is -2.12. The first-order valence-electron chi connectivity index (χ1n) is 5.70. The molecule has 1 aromatic carbocycles. The van der Waals surface area contributed by atoms with Crippen molar-refractivity contribution in [3.63, 3.8) is 0 Å². The fraction of sp³-hybridized carbons (Fsp3) is 0.143. The molecule has 0 aliphatic carbocycles. The van der Waals surface area contributed by atoms with Crippen LogP contribution in [0.15, 0.2) is 36.5 Å². The molecule has 0 bridgehead atoms. The second-order valence-electron chi connectivity index (χ2n) is 4.11. The summed E-state index contributed by atoms with van der Waals surface area (Å²) in [5.41, 5.74) is 7.53. The van der Waals surface area contributed by atoms with Gasteiger partial charge in [0.05, 0.1) is 5.69 Å². The van der Waals surface area contributed by atoms with Crippen molar-refractivity contribution < 1.29 is 9.13 Å². The highest BCUT2D eigenvalue weighted by Crippen LogP contribution is 2.17. The predicted molar refractivity (Wildman–Crippen MR) is 75.6 cm³/mol. The topological polar surface area (TPSA) is 48.1 Å². The zero-order valence-corrected chi connectivity index (χ0v) is 11.2. The minimum Gasteiger partial charge on any atom is -0.489 e. The van der Waals surface area contributed by atoms with Gasteiger partial charge in [0.1, 0.15) is 23.2 Å². The number of thiocarbonyl (C=S) groups is 1. The van der Waals surface area contributed by atoms with E-state index in [1.54, 1.807) is 31.3 Å². The first kappa shape index (κ1) is 13.4. The minimum absolute atomic E-state index is 0.243. The molecular weight excluding hydrogens is 263 g/mol. The largest absolute Gasteiger partial charge is 0.489 e. The third-order valence-electron chi connectivity index (χ3n) is 2.61. The molecule has 0 spiro atoms. The fourth-order valence-corrected chi connectivity index (χ4v) is 1.68. The molecule has 1 heterocycles. The van der Waals surface area contributed by atoms with Gasteiger partial charge in [0.2, 0.25) is 0 Å². The van der Waals surface area contributed by atoms with E-state index in [-0.39, 0.29) is 10.8 Å². The summed E-state index contributed by atoms with van der Waals surface area (Å²) < 4.78 is 18.7. The Kier molecular flexibility index (Phi) is 4.06. The number of hydrogen-bond donors (Lipinski definition) is 1. The maximum atomic E-state index is 13.1. The van der Waals surface area contributed by atoms with E-state index in [2.05, 4.69) is 4.98 Å². The van der Waals surface area contributed by atoms with Crippen molar-refractivity contribution in [1.82, 2.24) is 4.98 Å². The van der Waals surface area contributed by atoms with Gasteiger partial charge in [-0.05, 0) is 48.4 Å². The summed E-state index contributed by atoms with van der Waals surface area (Å²) in [5.74, 6) is 0.375. The zero-order valence-electron chi connectivity index (χ0n) is 10.4. The van der Waals surface area contributed by atoms with Crippen LogP contribution in [0.3, 0.4) is 0 Å². The first-order valence-corrected chi connectivity index (χ1v) is 6.11. The zero-order chi connectivity index (χ0) is 13.8. The summed E-state index contributed by atoms with van der Waals surface area (Å²) >= 11 is 4.86. The molecule has 3 nitrogen and oxygen atoms in total. The van der Waals surface area contributed by atoms with Crippen LogP contribution in [0.2, 0.25) is 0 Å². The molecule has 0 aliphatic rings. The maximum Gasteiger partial charge on any atom is 0.126 e. The van der Waals surface area contributed by atoms with Crippen LogP contribution in [0.5, 0.6) is 5.75 Å². The van der Waals surface area contributed by atoms with Crippen molar-refractivity contribution in [2.75, 3.05) is 0 Å². The molecule has 19 heavy (non-hydrogen) atoms. The van der Waals surface area contributed by atoms with E-state index in [1.165, 1.54) is 6.07 Å². The Hall–Kier alpha value is -2.01. The minimum atomic E-state index is -0.243. The van der Waals surface area contributed by atoms with Gasteiger partial charge in [0.25, 0.3) is 0 Å². The molecule has 2 rings (SSSR count). The number of halogens is 1. The van der Waals surface area contributed by atoms with Gasteiger partial charge in [-0.3, -0.25) is 4.98 Å². The second-order valence-corrected chi connectivity index (χ2v) is 4.55. The van der Waals surface area contributed by atoms with Crippen molar-refractivity contribution >= 4 is 17.2 Å². The number of aryl methyl sites for hydroxylation is 1. The van der Waals surface area contributed by atoms with Gasteiger partial charge in [0, 0.05) is 6.20 Å². The molecule has 0 aliphatic heterocycles. The highest BCUT2D eigenvalue weighted by Gasteiger charge is 2.03. The van der Waals surface area contributed by atoms with Gasteiger partial charge in [-0.2, -0.15) is 0 Å². The van der Waals surface area contributed by atoms with Crippen LogP contribution >= 0.6 is 12.2 Å². The molecule has 0 radical (unpaired) electrons. The van der Waals surface area contributed by atoms with Gasteiger partial charge in [-0.15, -0.1) is 0 Å². The van der Waals surface area contributed by atoms with Crippen LogP contribution < -0.4 is 10.5 Å². The molecule has 2 aromatic rings. The van der Waals surface area contributed by atoms with Crippen molar-refractivity contribution in [3.05, 3.63) is 59.2 Å². The summed E-state index contributed by atoms with van der Waals surface area (Å²) in [4.78, 5) is 4.30. The Morgan fingerprint density at radius 2 is 2.16 bits per heavy atom. The van der Waals surface area contributed by atoms with E-state index in [9.17, 15) is 4.39 Å². The van der Waals surface area contributed by atoms with E-state index in [0.717, 1.165) is 5.56 Å². The smallest absolute Gasteiger partial charge is 0.126 e. The number of aromatic nitrogens is 1. The number of nitrogens with two attached hydrogens (primary N) is 1. The van der Waals surface area contributed by atoms with Gasteiger partial charge >= 0.3 is 0 Å². The molecule has 0 saturated carbocycles. The number of hydrogen-bond acceptors (Lipinski definition) is 3. The Labute approximate surface area is 116 Å². The monoisotopic (exact) mass is 276 g/mol. The molecule has 98 valence electrons. The van der Waals surface area contributed by atoms with Crippen LogP contribution in [-0.2, 0) is 6.61 Å². The van der Waals surface area contributed by atoms with Crippen LogP contribution in [-0.4, -0.2) is 9.97 Å². The molecule has 5 heteroatoms. The third-order valence-corrected chi connectivity index (χ3v) is 2.82. The highest BCUT2D eigenvalue weighted by atomic mass is 32.1. The van der Waals surface area contributed by atoms with Crippen LogP contribution in [0.4, 0.5) is 4.39 Å². The lowest BCUT2D eigenvalue weighted by atomic mass is 10.2. The SMILES string of the molecule is Cc1cc(OCc2ccnc(C(N)=S)c2)ccc1F. The summed E-state index contributed by atoms with van der Waals surface area (Å²) in [6, 6.07) is 8.23. The molecular formula is C14H13FN2OS. The van der Waals surface area contributed by atoms with E-state index < -0.39 is 0 Å². The van der Waals surface area contributed by atoms with Crippen molar-refractivity contribution in [3.8, 4) is 5.75 Å². The predicted octanol–water partition coefficient (Wildman–Crippen LogP) is 2.74. The van der Waals surface area contributed by atoms with Crippen LogP contribution in [0, 0.1) is 12.7 Å². The summed E-state index contributed by atoms with van der Waals surface area (Å²) in [6.45, 7) is 2.04. The molecule has 0 fully saturated rings. The Balaban J connectivity index is 2.07. The van der Waals surface area contributed by atoms with Gasteiger partial charge < -0.3 is 10.5 Å². The van der Waals surface area contributed by atoms with Gasteiger partial charge in [-0.1, -0.05) is 12.2 Å². The van der Waals surface area contributed by atoms with E-state index >= 15 is 0 Å². The second kappa shape index (κ2) is 5.75. The molecule has 0 saturated heterocycles. The Morgan fingerprint density at radius 1 is 1.37 bits per heavy atom. The van der Waals surface area contributed by atoms with E-state index in [1.807, 2.05) is 6.07 Å². The van der Waals surface area contributed by atoms with Crippen LogP contribution in [0.25, 0.3) is 0 Å². The van der Waals surface area contributed by atoms with Gasteiger partial charge in [-0.25, -0.2) is 4.39 Å². The van der Waals surface area contributed by atoms with Crippen molar-refractivity contribution in [2.45, 2.75) is 13.5 Å². The average Bonchev–Trinajstić information content (AvgIpc) is 2.40. The number of nitrogens with zero attached hydrogens (tertiary/aromatic N) is 1. The lowest BCUT2D eigenvalue weighted by molar-refractivity contribution is 0.305. The molecule has 1 aromatic heterocycles. The highest BCUT2D eigenvalue weighted by molar-refractivity contribution is 7.80. The molecule has 2 N–H and O–H groups in total. The summed E-state index contributed by atoms with van der Waals surface area (Å²) in [6.07, 6.45) is 1.63. The normalized spacial score (nSPS) is 10.2. The van der Waals surface area contributed by atoms with Crippen molar-refractivity contribution in [2.24, 2.45) is 5.73 Å². The quantitative estimate of drug-likeness (QED) is 0.872. The summed E-state index contributed by atoms with van der Waals surface area (Å²) in [7, 11) is 0. The first-order chi connectivity index (χ1) is 9.06. The number of ether oxygens (including phenoxy) is 1. The Bertz CT molecular complexity index is 616. The standard InChI is InChI=1S/C14H13FN2OS/c1-9-6-11(2-3-12(9)15)18-8-10-4-5-17-13(7-10)14(16)19/h2-7H,8H2,1H3,(H2,16,19). The molecule has 0 amide bonds. The van der Waals surface area contributed by atoms with Gasteiger partial charge in [0.15, 0.2) is 0 Å². The summed E-state index contributed by atoms with van der Waals surface area (Å²) in [5, 5.41) is 0. The number of rotatable bonds is 4. The Morgan fingerprint density at radius 3 is 2.84 bits per heavy atom. The maximum absolute atomic E-state index is 13.1. The van der Waals surface area contributed by atoms with E-state index in [0.29, 0.717) is 23.6 Å². The van der Waals surface area contributed by atoms with E-state index in [4.69, 9.17) is 22.7 Å². The number of pyridine rings is 1. The molecule has 0 unspecified atom stereocenters. The average molecular weight is 276 g/mol. The third kappa shape index (κ3) is 3.48. The lowest BCUT2D eigenvalue weighted by Gasteiger charge is -2.08. The number of benzene rings is 1. The fourth-order valence-electron chi connectivity index (χ4n) is 1.57. The molecule has 0 atom stereocenters. The van der Waals surface area contributed by atoms with Crippen molar-refractivity contribution in [1.29, 1.82) is 0 Å².